The van der Waals surface area contributed by atoms with Crippen LogP contribution in [0.5, 0.6) is 5.75 Å². The van der Waals surface area contributed by atoms with E-state index in [-0.39, 0.29) is 18.0 Å². The second-order valence-electron chi connectivity index (χ2n) is 5.42. The van der Waals surface area contributed by atoms with Crippen molar-refractivity contribution in [1.29, 1.82) is 0 Å². The summed E-state index contributed by atoms with van der Waals surface area (Å²) in [4.78, 5) is 0. The third-order valence-corrected chi connectivity index (χ3v) is 3.70. The van der Waals surface area contributed by atoms with E-state index in [2.05, 4.69) is 19.2 Å². The van der Waals surface area contributed by atoms with Crippen molar-refractivity contribution in [3.8, 4) is 5.75 Å². The molecule has 1 aromatic carbocycles. The lowest BCUT2D eigenvalue weighted by atomic mass is 10.1. The number of hydrogen-bond acceptors (Lipinski definition) is 3. The quantitative estimate of drug-likeness (QED) is 0.866. The standard InChI is InChI=1S/C16H24FNO2/c1-4-18-12(3)15-8-6-13(17)9-16(15)19-10-14-7-5-11(2)20-14/h6,8-9,11-12,14,18H,4-5,7,10H2,1-3H3. The van der Waals surface area contributed by atoms with Gasteiger partial charge in [0, 0.05) is 17.7 Å². The van der Waals surface area contributed by atoms with Crippen LogP contribution in [-0.4, -0.2) is 25.4 Å². The summed E-state index contributed by atoms with van der Waals surface area (Å²) in [6, 6.07) is 4.86. The lowest BCUT2D eigenvalue weighted by Gasteiger charge is -2.19. The number of halogens is 1. The minimum Gasteiger partial charge on any atom is -0.490 e. The molecule has 1 fully saturated rings. The molecule has 0 spiro atoms. The molecular weight excluding hydrogens is 257 g/mol. The summed E-state index contributed by atoms with van der Waals surface area (Å²) in [5.74, 6) is 0.342. The lowest BCUT2D eigenvalue weighted by molar-refractivity contribution is 0.0261. The van der Waals surface area contributed by atoms with Gasteiger partial charge in [-0.15, -0.1) is 0 Å². The zero-order valence-electron chi connectivity index (χ0n) is 12.5. The van der Waals surface area contributed by atoms with Gasteiger partial charge in [-0.3, -0.25) is 0 Å². The van der Waals surface area contributed by atoms with Crippen LogP contribution in [0.1, 0.15) is 45.2 Å². The van der Waals surface area contributed by atoms with E-state index in [9.17, 15) is 4.39 Å². The Morgan fingerprint density at radius 3 is 2.90 bits per heavy atom. The molecular formula is C16H24FNO2. The van der Waals surface area contributed by atoms with Gasteiger partial charge in [0.15, 0.2) is 0 Å². The minimum absolute atomic E-state index is 0.121. The Balaban J connectivity index is 2.03. The molecule has 0 aliphatic carbocycles. The smallest absolute Gasteiger partial charge is 0.127 e. The Hall–Kier alpha value is -1.13. The number of hydrogen-bond donors (Lipinski definition) is 1. The van der Waals surface area contributed by atoms with E-state index < -0.39 is 0 Å². The van der Waals surface area contributed by atoms with Crippen LogP contribution in [-0.2, 0) is 4.74 Å². The van der Waals surface area contributed by atoms with E-state index in [4.69, 9.17) is 9.47 Å². The van der Waals surface area contributed by atoms with Gasteiger partial charge in [-0.2, -0.15) is 0 Å². The Kier molecular flexibility index (Phi) is 5.38. The van der Waals surface area contributed by atoms with Crippen molar-refractivity contribution in [3.05, 3.63) is 29.6 Å². The maximum atomic E-state index is 13.4. The first kappa shape index (κ1) is 15.3. The normalized spacial score (nSPS) is 23.8. The summed E-state index contributed by atoms with van der Waals surface area (Å²) in [5.41, 5.74) is 0.985. The molecule has 3 atom stereocenters. The molecule has 1 heterocycles. The van der Waals surface area contributed by atoms with Crippen LogP contribution in [0.3, 0.4) is 0 Å². The summed E-state index contributed by atoms with van der Waals surface area (Å²) in [7, 11) is 0. The SMILES string of the molecule is CCNC(C)c1ccc(F)cc1OCC1CCC(C)O1. The third kappa shape index (κ3) is 3.93. The average molecular weight is 281 g/mol. The average Bonchev–Trinajstić information content (AvgIpc) is 2.82. The summed E-state index contributed by atoms with van der Waals surface area (Å²) >= 11 is 0. The largest absolute Gasteiger partial charge is 0.490 e. The van der Waals surface area contributed by atoms with Crippen LogP contribution in [0.4, 0.5) is 4.39 Å². The van der Waals surface area contributed by atoms with Gasteiger partial charge in [-0.05, 0) is 39.3 Å². The van der Waals surface area contributed by atoms with Crippen molar-refractivity contribution in [2.24, 2.45) is 0 Å². The highest BCUT2D eigenvalue weighted by atomic mass is 19.1. The Labute approximate surface area is 120 Å². The van der Waals surface area contributed by atoms with Crippen molar-refractivity contribution in [2.75, 3.05) is 13.2 Å². The van der Waals surface area contributed by atoms with Crippen LogP contribution >= 0.6 is 0 Å². The fourth-order valence-corrected chi connectivity index (χ4v) is 2.60. The molecule has 0 bridgehead atoms. The molecule has 4 heteroatoms. The van der Waals surface area contributed by atoms with E-state index in [1.54, 1.807) is 6.07 Å². The first-order valence-electron chi connectivity index (χ1n) is 7.41. The van der Waals surface area contributed by atoms with Crippen molar-refractivity contribution in [1.82, 2.24) is 5.32 Å². The first-order chi connectivity index (χ1) is 9.60. The predicted octanol–water partition coefficient (Wildman–Crippen LogP) is 3.44. The summed E-state index contributed by atoms with van der Waals surface area (Å²) < 4.78 is 25.0. The topological polar surface area (TPSA) is 30.5 Å². The number of nitrogens with one attached hydrogen (secondary N) is 1. The summed E-state index contributed by atoms with van der Waals surface area (Å²) in [5, 5.41) is 3.32. The van der Waals surface area contributed by atoms with Gasteiger partial charge < -0.3 is 14.8 Å². The first-order valence-corrected chi connectivity index (χ1v) is 7.41. The molecule has 1 N–H and O–H groups in total. The third-order valence-electron chi connectivity index (χ3n) is 3.70. The molecule has 3 unspecified atom stereocenters. The molecule has 2 rings (SSSR count). The van der Waals surface area contributed by atoms with E-state index in [1.165, 1.54) is 12.1 Å². The van der Waals surface area contributed by atoms with Gasteiger partial charge in [0.25, 0.3) is 0 Å². The predicted molar refractivity (Wildman–Crippen MR) is 77.6 cm³/mol. The fourth-order valence-electron chi connectivity index (χ4n) is 2.60. The van der Waals surface area contributed by atoms with Gasteiger partial charge >= 0.3 is 0 Å². The van der Waals surface area contributed by atoms with Crippen molar-refractivity contribution in [3.63, 3.8) is 0 Å². The monoisotopic (exact) mass is 281 g/mol. The molecule has 20 heavy (non-hydrogen) atoms. The van der Waals surface area contributed by atoms with Crippen LogP contribution < -0.4 is 10.1 Å². The molecule has 1 aliphatic heterocycles. The fraction of sp³-hybridized carbons (Fsp3) is 0.625. The van der Waals surface area contributed by atoms with Gasteiger partial charge in [0.05, 0.1) is 12.2 Å². The molecule has 0 aromatic heterocycles. The number of benzene rings is 1. The molecule has 0 radical (unpaired) electrons. The van der Waals surface area contributed by atoms with E-state index >= 15 is 0 Å². The van der Waals surface area contributed by atoms with Gasteiger partial charge in [0.2, 0.25) is 0 Å². The molecule has 1 saturated heterocycles. The maximum Gasteiger partial charge on any atom is 0.127 e. The highest BCUT2D eigenvalue weighted by Gasteiger charge is 2.23. The van der Waals surface area contributed by atoms with E-state index in [1.807, 2.05) is 6.92 Å². The Morgan fingerprint density at radius 1 is 1.45 bits per heavy atom. The zero-order chi connectivity index (χ0) is 14.5. The van der Waals surface area contributed by atoms with Gasteiger partial charge in [-0.25, -0.2) is 4.39 Å². The molecule has 1 aromatic rings. The van der Waals surface area contributed by atoms with Gasteiger partial charge in [-0.1, -0.05) is 13.0 Å². The van der Waals surface area contributed by atoms with E-state index in [0.29, 0.717) is 18.5 Å². The molecule has 112 valence electrons. The molecule has 0 saturated carbocycles. The second-order valence-corrected chi connectivity index (χ2v) is 5.42. The van der Waals surface area contributed by atoms with Gasteiger partial charge in [0.1, 0.15) is 18.2 Å². The minimum atomic E-state index is -0.270. The van der Waals surface area contributed by atoms with Crippen LogP contribution in [0.25, 0.3) is 0 Å². The number of ether oxygens (including phenoxy) is 2. The van der Waals surface area contributed by atoms with Crippen LogP contribution in [0.2, 0.25) is 0 Å². The number of rotatable bonds is 6. The van der Waals surface area contributed by atoms with E-state index in [0.717, 1.165) is 24.9 Å². The Morgan fingerprint density at radius 2 is 2.25 bits per heavy atom. The molecule has 0 amide bonds. The van der Waals surface area contributed by atoms with Crippen LogP contribution in [0.15, 0.2) is 18.2 Å². The van der Waals surface area contributed by atoms with Crippen molar-refractivity contribution >= 4 is 0 Å². The molecule has 3 nitrogen and oxygen atoms in total. The highest BCUT2D eigenvalue weighted by molar-refractivity contribution is 5.36. The second kappa shape index (κ2) is 7.04. The highest BCUT2D eigenvalue weighted by Crippen LogP contribution is 2.27. The van der Waals surface area contributed by atoms with Crippen molar-refractivity contribution in [2.45, 2.75) is 51.9 Å². The lowest BCUT2D eigenvalue weighted by Crippen LogP contribution is -2.21. The molecule has 1 aliphatic rings. The summed E-state index contributed by atoms with van der Waals surface area (Å²) in [6.07, 6.45) is 2.50. The maximum absolute atomic E-state index is 13.4. The summed E-state index contributed by atoms with van der Waals surface area (Å²) in [6.45, 7) is 7.52. The zero-order valence-corrected chi connectivity index (χ0v) is 12.5. The van der Waals surface area contributed by atoms with Crippen molar-refractivity contribution < 1.29 is 13.9 Å². The Bertz CT molecular complexity index is 438. The van der Waals surface area contributed by atoms with Crippen LogP contribution in [0, 0.1) is 5.82 Å².